The molecule has 0 radical (unpaired) electrons. The van der Waals surface area contributed by atoms with Crippen molar-refractivity contribution in [3.05, 3.63) is 22.4 Å². The molecule has 0 aromatic carbocycles. The molecule has 1 saturated carbocycles. The van der Waals surface area contributed by atoms with Crippen LogP contribution in [0.2, 0.25) is 0 Å². The van der Waals surface area contributed by atoms with Crippen LogP contribution >= 0.6 is 11.3 Å². The van der Waals surface area contributed by atoms with E-state index in [1.54, 1.807) is 0 Å². The molecule has 1 heterocycles. The van der Waals surface area contributed by atoms with Crippen LogP contribution in [0.3, 0.4) is 0 Å². The van der Waals surface area contributed by atoms with E-state index in [1.807, 2.05) is 11.3 Å². The van der Waals surface area contributed by atoms with Crippen LogP contribution in [0.25, 0.3) is 0 Å². The first-order valence-electron chi connectivity index (χ1n) is 6.77. The lowest BCUT2D eigenvalue weighted by molar-refractivity contribution is 0.153. The Morgan fingerprint density at radius 3 is 2.71 bits per heavy atom. The van der Waals surface area contributed by atoms with E-state index < -0.39 is 0 Å². The monoisotopic (exact) mass is 251 g/mol. The van der Waals surface area contributed by atoms with Gasteiger partial charge in [-0.25, -0.2) is 0 Å². The van der Waals surface area contributed by atoms with Gasteiger partial charge in [0.05, 0.1) is 0 Å². The molecule has 0 amide bonds. The highest BCUT2D eigenvalue weighted by atomic mass is 32.1. The van der Waals surface area contributed by atoms with Gasteiger partial charge in [-0.2, -0.15) is 0 Å². The maximum Gasteiger partial charge on any atom is 0.0105 e. The predicted molar refractivity (Wildman–Crippen MR) is 76.7 cm³/mol. The molecule has 0 aliphatic heterocycles. The normalized spacial score (nSPS) is 30.5. The van der Waals surface area contributed by atoms with Crippen molar-refractivity contribution in [3.63, 3.8) is 0 Å². The van der Waals surface area contributed by atoms with Crippen molar-refractivity contribution >= 4 is 11.3 Å². The quantitative estimate of drug-likeness (QED) is 0.854. The molecule has 3 atom stereocenters. The molecule has 17 heavy (non-hydrogen) atoms. The van der Waals surface area contributed by atoms with Gasteiger partial charge >= 0.3 is 0 Å². The Balaban J connectivity index is 2.20. The highest BCUT2D eigenvalue weighted by Crippen LogP contribution is 2.43. The van der Waals surface area contributed by atoms with Gasteiger partial charge in [0.2, 0.25) is 0 Å². The van der Waals surface area contributed by atoms with E-state index in [0.29, 0.717) is 11.5 Å². The van der Waals surface area contributed by atoms with E-state index in [1.165, 1.54) is 24.1 Å². The SMILES string of the molecule is CNC1CC(C)CCC1C(C)(C)c1cccs1. The van der Waals surface area contributed by atoms with Crippen molar-refractivity contribution in [1.29, 1.82) is 0 Å². The molecule has 2 heteroatoms. The minimum atomic E-state index is 0.308. The van der Waals surface area contributed by atoms with Gasteiger partial charge in [0.1, 0.15) is 0 Å². The Kier molecular flexibility index (Phi) is 3.94. The van der Waals surface area contributed by atoms with Crippen molar-refractivity contribution in [2.45, 2.75) is 51.5 Å². The molecule has 1 N–H and O–H groups in total. The maximum atomic E-state index is 3.56. The van der Waals surface area contributed by atoms with Crippen molar-refractivity contribution in [2.75, 3.05) is 7.05 Å². The van der Waals surface area contributed by atoms with E-state index >= 15 is 0 Å². The van der Waals surface area contributed by atoms with E-state index in [-0.39, 0.29) is 0 Å². The van der Waals surface area contributed by atoms with Crippen molar-refractivity contribution in [1.82, 2.24) is 5.32 Å². The third kappa shape index (κ3) is 2.58. The summed E-state index contributed by atoms with van der Waals surface area (Å²) in [5.74, 6) is 1.64. The Morgan fingerprint density at radius 1 is 1.35 bits per heavy atom. The minimum Gasteiger partial charge on any atom is -0.317 e. The van der Waals surface area contributed by atoms with Gasteiger partial charge in [-0.1, -0.05) is 33.3 Å². The lowest BCUT2D eigenvalue weighted by atomic mass is 9.66. The molecule has 0 saturated heterocycles. The molecule has 2 rings (SSSR count). The highest BCUT2D eigenvalue weighted by Gasteiger charge is 2.39. The zero-order valence-corrected chi connectivity index (χ0v) is 12.3. The summed E-state index contributed by atoms with van der Waals surface area (Å²) in [5, 5.41) is 5.76. The Hall–Kier alpha value is -0.340. The Morgan fingerprint density at radius 2 is 2.12 bits per heavy atom. The molecule has 1 aliphatic rings. The van der Waals surface area contributed by atoms with Crippen molar-refractivity contribution < 1.29 is 0 Å². The third-order valence-electron chi connectivity index (χ3n) is 4.57. The molecule has 1 aromatic heterocycles. The number of hydrogen-bond acceptors (Lipinski definition) is 2. The number of thiophene rings is 1. The molecule has 1 fully saturated rings. The molecule has 1 nitrogen and oxygen atoms in total. The summed E-state index contributed by atoms with van der Waals surface area (Å²) in [4.78, 5) is 1.54. The van der Waals surface area contributed by atoms with Crippen LogP contribution in [-0.4, -0.2) is 13.1 Å². The molecule has 1 aromatic rings. The van der Waals surface area contributed by atoms with Gasteiger partial charge in [0.25, 0.3) is 0 Å². The first-order chi connectivity index (χ1) is 8.05. The van der Waals surface area contributed by atoms with E-state index in [4.69, 9.17) is 0 Å². The topological polar surface area (TPSA) is 12.0 Å². The van der Waals surface area contributed by atoms with Gasteiger partial charge in [-0.05, 0) is 43.2 Å². The average Bonchev–Trinajstić information content (AvgIpc) is 2.82. The maximum absolute atomic E-state index is 3.56. The second-order valence-electron chi connectivity index (χ2n) is 6.12. The van der Waals surface area contributed by atoms with Crippen molar-refractivity contribution in [2.24, 2.45) is 11.8 Å². The largest absolute Gasteiger partial charge is 0.317 e. The number of rotatable bonds is 3. The first-order valence-corrected chi connectivity index (χ1v) is 7.65. The van der Waals surface area contributed by atoms with Gasteiger partial charge in [0.15, 0.2) is 0 Å². The summed E-state index contributed by atoms with van der Waals surface area (Å²) < 4.78 is 0. The highest BCUT2D eigenvalue weighted by molar-refractivity contribution is 7.10. The second kappa shape index (κ2) is 5.11. The fourth-order valence-corrected chi connectivity index (χ4v) is 4.31. The molecular weight excluding hydrogens is 226 g/mol. The van der Waals surface area contributed by atoms with E-state index in [2.05, 4.69) is 50.6 Å². The fourth-order valence-electron chi connectivity index (χ4n) is 3.39. The van der Waals surface area contributed by atoms with Gasteiger partial charge in [0, 0.05) is 16.3 Å². The van der Waals surface area contributed by atoms with Crippen LogP contribution in [0.4, 0.5) is 0 Å². The molecule has 3 unspecified atom stereocenters. The molecular formula is C15H25NS. The molecule has 96 valence electrons. The Labute approximate surface area is 110 Å². The summed E-state index contributed by atoms with van der Waals surface area (Å²) in [6, 6.07) is 5.16. The first kappa shape index (κ1) is 13.1. The molecule has 1 aliphatic carbocycles. The number of nitrogens with one attached hydrogen (secondary N) is 1. The van der Waals surface area contributed by atoms with Crippen molar-refractivity contribution in [3.8, 4) is 0 Å². The summed E-state index contributed by atoms with van der Waals surface area (Å²) in [6.45, 7) is 7.23. The zero-order chi connectivity index (χ0) is 12.5. The van der Waals surface area contributed by atoms with Gasteiger partial charge in [-0.15, -0.1) is 11.3 Å². The molecule has 0 spiro atoms. The summed E-state index contributed by atoms with van der Waals surface area (Å²) in [5.41, 5.74) is 0.308. The van der Waals surface area contributed by atoms with Crippen LogP contribution < -0.4 is 5.32 Å². The van der Waals surface area contributed by atoms with Crippen LogP contribution in [0, 0.1) is 11.8 Å². The lowest BCUT2D eigenvalue weighted by Crippen LogP contribution is -2.47. The van der Waals surface area contributed by atoms with Crippen LogP contribution in [-0.2, 0) is 5.41 Å². The summed E-state index contributed by atoms with van der Waals surface area (Å²) >= 11 is 1.91. The summed E-state index contributed by atoms with van der Waals surface area (Å²) in [7, 11) is 2.13. The standard InChI is InChI=1S/C15H25NS/c1-11-7-8-12(13(10-11)16-4)15(2,3)14-6-5-9-17-14/h5-6,9,11-13,16H,7-8,10H2,1-4H3. The van der Waals surface area contributed by atoms with E-state index in [9.17, 15) is 0 Å². The minimum absolute atomic E-state index is 0.308. The zero-order valence-electron chi connectivity index (χ0n) is 11.5. The Bertz CT molecular complexity index is 342. The van der Waals surface area contributed by atoms with Crippen LogP contribution in [0.1, 0.15) is 44.9 Å². The summed E-state index contributed by atoms with van der Waals surface area (Å²) in [6.07, 6.45) is 4.07. The fraction of sp³-hybridized carbons (Fsp3) is 0.733. The number of hydrogen-bond donors (Lipinski definition) is 1. The molecule has 0 bridgehead atoms. The predicted octanol–water partition coefficient (Wildman–Crippen LogP) is 4.05. The third-order valence-corrected chi connectivity index (χ3v) is 5.78. The second-order valence-corrected chi connectivity index (χ2v) is 7.07. The van der Waals surface area contributed by atoms with Crippen LogP contribution in [0.15, 0.2) is 17.5 Å². The van der Waals surface area contributed by atoms with Gasteiger partial charge < -0.3 is 5.32 Å². The van der Waals surface area contributed by atoms with E-state index in [0.717, 1.165) is 11.8 Å². The average molecular weight is 251 g/mol. The smallest absolute Gasteiger partial charge is 0.0105 e. The van der Waals surface area contributed by atoms with Gasteiger partial charge in [-0.3, -0.25) is 0 Å². The van der Waals surface area contributed by atoms with Crippen LogP contribution in [0.5, 0.6) is 0 Å². The lowest BCUT2D eigenvalue weighted by Gasteiger charge is -2.44.